The lowest BCUT2D eigenvalue weighted by molar-refractivity contribution is -0.0778. The van der Waals surface area contributed by atoms with Crippen molar-refractivity contribution >= 4 is 34.1 Å². The Labute approximate surface area is 237 Å². The van der Waals surface area contributed by atoms with Crippen molar-refractivity contribution in [2.75, 3.05) is 26.3 Å². The topological polar surface area (TPSA) is 92.4 Å². The summed E-state index contributed by atoms with van der Waals surface area (Å²) < 4.78 is 11.6. The summed E-state index contributed by atoms with van der Waals surface area (Å²) in [6.45, 7) is 3.83. The third-order valence-electron chi connectivity index (χ3n) is 7.96. The summed E-state index contributed by atoms with van der Waals surface area (Å²) in [6.07, 6.45) is 5.83. The Kier molecular flexibility index (Phi) is 6.75. The molecule has 3 aliphatic rings. The van der Waals surface area contributed by atoms with Crippen molar-refractivity contribution in [3.05, 3.63) is 82.6 Å². The summed E-state index contributed by atoms with van der Waals surface area (Å²) in [5, 5.41) is 12.1. The number of pyridine rings is 1. The predicted molar refractivity (Wildman–Crippen MR) is 154 cm³/mol. The predicted octanol–water partition coefficient (Wildman–Crippen LogP) is 5.46. The molecule has 2 N–H and O–H groups in total. The maximum atomic E-state index is 13.3. The first-order valence-electron chi connectivity index (χ1n) is 13.8. The second kappa shape index (κ2) is 10.7. The van der Waals surface area contributed by atoms with Crippen molar-refractivity contribution in [2.24, 2.45) is 0 Å². The Balaban J connectivity index is 1.06. The Bertz CT molecular complexity index is 1580. The molecule has 3 fully saturated rings. The highest BCUT2D eigenvalue weighted by Crippen LogP contribution is 2.37. The second-order valence-electron chi connectivity index (χ2n) is 10.7. The summed E-state index contributed by atoms with van der Waals surface area (Å²) in [6, 6.07) is 17.8. The van der Waals surface area contributed by atoms with E-state index >= 15 is 0 Å². The van der Waals surface area contributed by atoms with E-state index < -0.39 is 0 Å². The summed E-state index contributed by atoms with van der Waals surface area (Å²) in [7, 11) is 0. The van der Waals surface area contributed by atoms with Crippen LogP contribution in [0.5, 0.6) is 5.75 Å². The summed E-state index contributed by atoms with van der Waals surface area (Å²) in [5.74, 6) is 0.660. The average molecular weight is 556 g/mol. The Hall–Kier alpha value is -3.72. The van der Waals surface area contributed by atoms with E-state index in [1.54, 1.807) is 24.4 Å². The third-order valence-corrected chi connectivity index (χ3v) is 8.26. The highest BCUT2D eigenvalue weighted by atomic mass is 35.5. The highest BCUT2D eigenvalue weighted by Gasteiger charge is 2.30. The van der Waals surface area contributed by atoms with Gasteiger partial charge in [-0.05, 0) is 85.9 Å². The minimum Gasteiger partial charge on any atom is -0.490 e. The van der Waals surface area contributed by atoms with Crippen molar-refractivity contribution in [1.82, 2.24) is 25.4 Å². The van der Waals surface area contributed by atoms with Crippen LogP contribution in [0.15, 0.2) is 66.4 Å². The van der Waals surface area contributed by atoms with Gasteiger partial charge in [-0.1, -0.05) is 11.6 Å². The minimum atomic E-state index is -0.204. The molecule has 9 heteroatoms. The number of rotatable bonds is 7. The molecule has 2 aliphatic heterocycles. The zero-order valence-electron chi connectivity index (χ0n) is 22.0. The number of nitrogens with zero attached hydrogens (tertiary/aromatic N) is 3. The number of benzene rings is 2. The van der Waals surface area contributed by atoms with Gasteiger partial charge in [-0.25, -0.2) is 0 Å². The Morgan fingerprint density at radius 2 is 1.88 bits per heavy atom. The fraction of sp³-hybridized carbons (Fsp3) is 0.323. The zero-order chi connectivity index (χ0) is 27.1. The molecule has 7 rings (SSSR count). The van der Waals surface area contributed by atoms with E-state index in [9.17, 15) is 4.79 Å². The molecule has 0 radical (unpaired) electrons. The fourth-order valence-electron chi connectivity index (χ4n) is 5.43. The average Bonchev–Trinajstić information content (AvgIpc) is 3.71. The normalized spacial score (nSPS) is 18.0. The molecular formula is C31H30ClN5O3. The molecule has 2 aromatic heterocycles. The number of amides is 1. The number of aromatic nitrogens is 3. The van der Waals surface area contributed by atoms with Crippen LogP contribution in [0.2, 0.25) is 5.02 Å². The van der Waals surface area contributed by atoms with E-state index in [1.807, 2.05) is 36.4 Å². The van der Waals surface area contributed by atoms with Crippen molar-refractivity contribution in [3.8, 4) is 17.0 Å². The van der Waals surface area contributed by atoms with Gasteiger partial charge in [0, 0.05) is 35.8 Å². The summed E-state index contributed by atoms with van der Waals surface area (Å²) in [5.41, 5.74) is 5.62. The number of likely N-dealkylation sites (tertiary alicyclic amines) is 1. The van der Waals surface area contributed by atoms with Crippen molar-refractivity contribution in [3.63, 3.8) is 0 Å². The Morgan fingerprint density at radius 3 is 2.58 bits per heavy atom. The van der Waals surface area contributed by atoms with Gasteiger partial charge in [0.1, 0.15) is 17.5 Å². The number of carbonyl (C=O) groups excluding carboxylic acids is 1. The fourth-order valence-corrected chi connectivity index (χ4v) is 5.65. The summed E-state index contributed by atoms with van der Waals surface area (Å²) >= 11 is 6.39. The standard InChI is InChI=1S/C31H30ClN5O3/c32-26-2-1-13-33-30(26)29(20-3-4-20)34-31(38)21-7-10-27-25(16-21)28(36-35-27)19-5-8-23(9-6-19)40-24-11-14-37(15-12-24)22-17-39-18-22/h1-2,5-10,13,16,22,24H,3-4,11-12,14-15,17-18H2,(H,34,38)(H,35,36). The molecule has 4 aromatic rings. The number of nitrogens with one attached hydrogen (secondary N) is 2. The molecule has 0 unspecified atom stereocenters. The van der Waals surface area contributed by atoms with Crippen LogP contribution in [0.1, 0.15) is 41.7 Å². The van der Waals surface area contributed by atoms with Gasteiger partial charge in [-0.2, -0.15) is 5.10 Å². The molecule has 1 amide bonds. The zero-order valence-corrected chi connectivity index (χ0v) is 22.8. The first-order chi connectivity index (χ1) is 19.6. The quantitative estimate of drug-likeness (QED) is 0.315. The van der Waals surface area contributed by atoms with Gasteiger partial charge in [-0.15, -0.1) is 0 Å². The van der Waals surface area contributed by atoms with Gasteiger partial charge < -0.3 is 14.8 Å². The molecule has 8 nitrogen and oxygen atoms in total. The van der Waals surface area contributed by atoms with Gasteiger partial charge in [0.2, 0.25) is 0 Å². The van der Waals surface area contributed by atoms with Crippen LogP contribution in [-0.4, -0.2) is 64.4 Å². The number of fused-ring (bicyclic) bond motifs is 1. The first kappa shape index (κ1) is 25.3. The largest absolute Gasteiger partial charge is 0.490 e. The lowest BCUT2D eigenvalue weighted by Gasteiger charge is -2.41. The van der Waals surface area contributed by atoms with Crippen LogP contribution in [0.4, 0.5) is 0 Å². The van der Waals surface area contributed by atoms with Gasteiger partial charge in [0.25, 0.3) is 5.91 Å². The number of hydrogen-bond acceptors (Lipinski definition) is 6. The molecule has 1 aliphatic carbocycles. The number of aromatic amines is 1. The molecule has 4 heterocycles. The smallest absolute Gasteiger partial charge is 0.255 e. The third kappa shape index (κ3) is 5.10. The van der Waals surface area contributed by atoms with E-state index in [2.05, 4.69) is 25.4 Å². The van der Waals surface area contributed by atoms with Gasteiger partial charge >= 0.3 is 0 Å². The molecule has 0 bridgehead atoms. The number of H-pyrrole nitrogens is 1. The number of carbonyl (C=O) groups is 1. The van der Waals surface area contributed by atoms with Crippen LogP contribution in [0, 0.1) is 0 Å². The molecule has 204 valence electrons. The second-order valence-corrected chi connectivity index (χ2v) is 11.1. The van der Waals surface area contributed by atoms with Crippen LogP contribution in [-0.2, 0) is 4.74 Å². The lowest BCUT2D eigenvalue weighted by Crippen LogP contribution is -2.52. The molecular weight excluding hydrogens is 526 g/mol. The molecule has 1 saturated carbocycles. The van der Waals surface area contributed by atoms with E-state index in [0.717, 1.165) is 85.5 Å². The van der Waals surface area contributed by atoms with E-state index in [0.29, 0.717) is 28.0 Å². The van der Waals surface area contributed by atoms with Crippen LogP contribution in [0.3, 0.4) is 0 Å². The van der Waals surface area contributed by atoms with Gasteiger partial charge in [-0.3, -0.25) is 19.8 Å². The molecule has 2 saturated heterocycles. The lowest BCUT2D eigenvalue weighted by atomic mass is 10.0. The number of hydrogen-bond donors (Lipinski definition) is 2. The summed E-state index contributed by atoms with van der Waals surface area (Å²) in [4.78, 5) is 20.2. The SMILES string of the molecule is O=C(NC(=C1CC1)c1ncccc1Cl)c1ccc2[nH]nc(-c3ccc(OC4CCN(C5COC5)CC4)cc3)c2c1. The number of ether oxygens (including phenoxy) is 2. The first-order valence-corrected chi connectivity index (χ1v) is 14.2. The van der Waals surface area contributed by atoms with Crippen molar-refractivity contribution in [2.45, 2.75) is 37.8 Å². The van der Waals surface area contributed by atoms with Crippen LogP contribution < -0.4 is 10.1 Å². The van der Waals surface area contributed by atoms with Crippen molar-refractivity contribution in [1.29, 1.82) is 0 Å². The van der Waals surface area contributed by atoms with Gasteiger partial charge in [0.15, 0.2) is 0 Å². The maximum absolute atomic E-state index is 13.3. The Morgan fingerprint density at radius 1 is 1.07 bits per heavy atom. The van der Waals surface area contributed by atoms with Crippen LogP contribution in [0.25, 0.3) is 27.9 Å². The van der Waals surface area contributed by atoms with Crippen molar-refractivity contribution < 1.29 is 14.3 Å². The molecule has 0 atom stereocenters. The van der Waals surface area contributed by atoms with E-state index in [1.165, 1.54) is 0 Å². The minimum absolute atomic E-state index is 0.204. The monoisotopic (exact) mass is 555 g/mol. The maximum Gasteiger partial charge on any atom is 0.255 e. The van der Waals surface area contributed by atoms with E-state index in [-0.39, 0.29) is 12.0 Å². The number of allylic oxidation sites excluding steroid dienone is 1. The van der Waals surface area contributed by atoms with Gasteiger partial charge in [0.05, 0.1) is 41.2 Å². The highest BCUT2D eigenvalue weighted by molar-refractivity contribution is 6.32. The molecule has 2 aromatic carbocycles. The molecule has 40 heavy (non-hydrogen) atoms. The van der Waals surface area contributed by atoms with Crippen LogP contribution >= 0.6 is 11.6 Å². The number of piperidine rings is 1. The molecule has 0 spiro atoms. The number of halogens is 1. The van der Waals surface area contributed by atoms with E-state index in [4.69, 9.17) is 21.1 Å².